The fraction of sp³-hybridized carbons (Fsp3) is 0.700. The van der Waals surface area contributed by atoms with E-state index in [1.54, 1.807) is 0 Å². The summed E-state index contributed by atoms with van der Waals surface area (Å²) < 4.78 is 2.19. The Morgan fingerprint density at radius 1 is 1.36 bits per heavy atom. The quantitative estimate of drug-likeness (QED) is 0.498. The van der Waals surface area contributed by atoms with Crippen molar-refractivity contribution in [2.24, 2.45) is 28.5 Å². The van der Waals surface area contributed by atoms with Gasteiger partial charge in [-0.1, -0.05) is 19.8 Å². The molecule has 8 heteroatoms. The van der Waals surface area contributed by atoms with Crippen LogP contribution in [0.15, 0.2) is 11.3 Å². The molecule has 0 spiro atoms. The number of imidazole rings is 1. The van der Waals surface area contributed by atoms with E-state index in [1.807, 2.05) is 6.33 Å². The zero-order valence-electron chi connectivity index (χ0n) is 16.8. The standard InChI is InChI=1S/C20H31N7O/c1-12-6-7-14(8-12)9-27-10-22-18-16(27)19(24-13(2)15-4-3-5-15)26-20(25-18)17(21)23-11-28/h10,12-15,28H,3-9,11H2,1-2H3,(H2,21,23)(H,24,25,26). The van der Waals surface area contributed by atoms with E-state index < -0.39 is 0 Å². The van der Waals surface area contributed by atoms with Crippen LogP contribution in [0.3, 0.4) is 0 Å². The summed E-state index contributed by atoms with van der Waals surface area (Å²) in [5.41, 5.74) is 7.51. The summed E-state index contributed by atoms with van der Waals surface area (Å²) in [5.74, 6) is 3.34. The van der Waals surface area contributed by atoms with Gasteiger partial charge < -0.3 is 20.7 Å². The Labute approximate surface area is 165 Å². The number of nitrogens with zero attached hydrogens (tertiary/aromatic N) is 5. The smallest absolute Gasteiger partial charge is 0.199 e. The average Bonchev–Trinajstić information content (AvgIpc) is 3.20. The first-order valence-corrected chi connectivity index (χ1v) is 10.5. The number of aromatic nitrogens is 4. The minimum absolute atomic E-state index is 0.128. The van der Waals surface area contributed by atoms with E-state index in [0.29, 0.717) is 29.3 Å². The molecule has 0 aromatic carbocycles. The fourth-order valence-electron chi connectivity index (χ4n) is 4.52. The number of aliphatic imine (C=N–C) groups is 1. The van der Waals surface area contributed by atoms with Crippen LogP contribution in [0.25, 0.3) is 11.2 Å². The third kappa shape index (κ3) is 3.83. The molecule has 2 fully saturated rings. The minimum atomic E-state index is -0.386. The van der Waals surface area contributed by atoms with Crippen molar-refractivity contribution in [3.63, 3.8) is 0 Å². The molecule has 2 aromatic heterocycles. The van der Waals surface area contributed by atoms with Crippen molar-refractivity contribution >= 4 is 22.8 Å². The van der Waals surface area contributed by atoms with E-state index in [-0.39, 0.29) is 12.6 Å². The van der Waals surface area contributed by atoms with Crippen LogP contribution < -0.4 is 11.1 Å². The van der Waals surface area contributed by atoms with Crippen molar-refractivity contribution in [2.45, 2.75) is 65.0 Å². The molecular formula is C20H31N7O. The molecule has 2 aromatic rings. The van der Waals surface area contributed by atoms with Gasteiger partial charge in [-0.25, -0.2) is 19.9 Å². The van der Waals surface area contributed by atoms with Crippen LogP contribution in [-0.4, -0.2) is 43.2 Å². The molecule has 2 saturated carbocycles. The van der Waals surface area contributed by atoms with Gasteiger partial charge in [-0.05, 0) is 50.4 Å². The predicted molar refractivity (Wildman–Crippen MR) is 110 cm³/mol. The van der Waals surface area contributed by atoms with E-state index >= 15 is 0 Å². The summed E-state index contributed by atoms with van der Waals surface area (Å²) in [5, 5.41) is 12.7. The van der Waals surface area contributed by atoms with Gasteiger partial charge >= 0.3 is 0 Å². The summed E-state index contributed by atoms with van der Waals surface area (Å²) in [4.78, 5) is 17.5. The SMILES string of the molecule is CC1CCC(Cn2cnc3nc(C(N)=NCO)nc(NC(C)C4CCC4)c32)C1. The molecule has 0 aliphatic heterocycles. The number of aliphatic hydroxyl groups is 1. The summed E-state index contributed by atoms with van der Waals surface area (Å²) in [7, 11) is 0. The van der Waals surface area contributed by atoms with Crippen LogP contribution in [0, 0.1) is 17.8 Å². The van der Waals surface area contributed by atoms with Gasteiger partial charge in [0.15, 0.2) is 23.1 Å². The number of fused-ring (bicyclic) bond motifs is 1. The number of rotatable bonds is 7. The first kappa shape index (κ1) is 19.1. The van der Waals surface area contributed by atoms with E-state index in [0.717, 1.165) is 23.8 Å². The highest BCUT2D eigenvalue weighted by molar-refractivity contribution is 5.97. The van der Waals surface area contributed by atoms with Crippen molar-refractivity contribution in [1.82, 2.24) is 19.5 Å². The molecule has 0 bridgehead atoms. The van der Waals surface area contributed by atoms with Gasteiger partial charge in [-0.15, -0.1) is 0 Å². The van der Waals surface area contributed by atoms with Crippen molar-refractivity contribution in [2.75, 3.05) is 12.0 Å². The number of anilines is 1. The maximum Gasteiger partial charge on any atom is 0.199 e. The first-order chi connectivity index (χ1) is 13.5. The Bertz CT molecular complexity index is 858. The molecule has 0 saturated heterocycles. The van der Waals surface area contributed by atoms with Crippen LogP contribution in [0.1, 0.15) is 58.2 Å². The first-order valence-electron chi connectivity index (χ1n) is 10.5. The van der Waals surface area contributed by atoms with E-state index in [2.05, 4.69) is 43.7 Å². The largest absolute Gasteiger partial charge is 0.381 e. The molecule has 3 atom stereocenters. The van der Waals surface area contributed by atoms with Crippen molar-refractivity contribution < 1.29 is 5.11 Å². The monoisotopic (exact) mass is 385 g/mol. The van der Waals surface area contributed by atoms with E-state index in [1.165, 1.54) is 38.5 Å². The molecule has 4 rings (SSSR count). The lowest BCUT2D eigenvalue weighted by Gasteiger charge is -2.32. The zero-order chi connectivity index (χ0) is 19.7. The Morgan fingerprint density at radius 3 is 2.82 bits per heavy atom. The average molecular weight is 386 g/mol. The second-order valence-electron chi connectivity index (χ2n) is 8.56. The van der Waals surface area contributed by atoms with Crippen LogP contribution in [0.5, 0.6) is 0 Å². The lowest BCUT2D eigenvalue weighted by Crippen LogP contribution is -2.32. The molecule has 2 aliphatic carbocycles. The Kier molecular flexibility index (Phi) is 5.48. The molecule has 28 heavy (non-hydrogen) atoms. The lowest BCUT2D eigenvalue weighted by atomic mass is 9.80. The summed E-state index contributed by atoms with van der Waals surface area (Å²) in [6, 6.07) is 0.325. The van der Waals surface area contributed by atoms with Gasteiger partial charge in [-0.2, -0.15) is 0 Å². The number of nitrogens with one attached hydrogen (secondary N) is 1. The van der Waals surface area contributed by atoms with Crippen LogP contribution in [-0.2, 0) is 6.54 Å². The molecule has 2 aliphatic rings. The molecule has 0 radical (unpaired) electrons. The maximum absolute atomic E-state index is 9.06. The fourth-order valence-corrected chi connectivity index (χ4v) is 4.52. The normalized spacial score (nSPS) is 24.5. The third-order valence-corrected chi connectivity index (χ3v) is 6.42. The van der Waals surface area contributed by atoms with Crippen LogP contribution in [0.4, 0.5) is 5.82 Å². The number of nitrogens with two attached hydrogens (primary N) is 1. The Morgan fingerprint density at radius 2 is 2.18 bits per heavy atom. The Hall–Kier alpha value is -2.22. The summed E-state index contributed by atoms with van der Waals surface area (Å²) >= 11 is 0. The zero-order valence-corrected chi connectivity index (χ0v) is 16.8. The minimum Gasteiger partial charge on any atom is -0.381 e. The topological polar surface area (TPSA) is 114 Å². The lowest BCUT2D eigenvalue weighted by molar-refractivity contribution is 0.285. The van der Waals surface area contributed by atoms with Crippen LogP contribution in [0.2, 0.25) is 0 Å². The van der Waals surface area contributed by atoms with Gasteiger partial charge in [0.05, 0.1) is 6.33 Å². The van der Waals surface area contributed by atoms with Crippen LogP contribution >= 0.6 is 0 Å². The molecule has 152 valence electrons. The number of hydrogen-bond donors (Lipinski definition) is 3. The van der Waals surface area contributed by atoms with E-state index in [9.17, 15) is 0 Å². The number of aliphatic hydroxyl groups excluding tert-OH is 1. The molecular weight excluding hydrogens is 354 g/mol. The molecule has 2 heterocycles. The highest BCUT2D eigenvalue weighted by Crippen LogP contribution is 2.34. The van der Waals surface area contributed by atoms with Gasteiger partial charge in [0.1, 0.15) is 12.2 Å². The Balaban J connectivity index is 1.69. The van der Waals surface area contributed by atoms with E-state index in [4.69, 9.17) is 10.8 Å². The summed E-state index contributed by atoms with van der Waals surface area (Å²) in [6.07, 6.45) is 9.49. The van der Waals surface area contributed by atoms with Crippen molar-refractivity contribution in [3.05, 3.63) is 12.2 Å². The number of amidine groups is 1. The molecule has 0 amide bonds. The number of hydrogen-bond acceptors (Lipinski definition) is 6. The highest BCUT2D eigenvalue weighted by atomic mass is 16.3. The van der Waals surface area contributed by atoms with Crippen molar-refractivity contribution in [3.8, 4) is 0 Å². The highest BCUT2D eigenvalue weighted by Gasteiger charge is 2.27. The van der Waals surface area contributed by atoms with Gasteiger partial charge in [0.2, 0.25) is 0 Å². The molecule has 4 N–H and O–H groups in total. The predicted octanol–water partition coefficient (Wildman–Crippen LogP) is 2.52. The second-order valence-corrected chi connectivity index (χ2v) is 8.56. The maximum atomic E-state index is 9.06. The van der Waals surface area contributed by atoms with Gasteiger partial charge in [-0.3, -0.25) is 0 Å². The second kappa shape index (κ2) is 8.03. The summed E-state index contributed by atoms with van der Waals surface area (Å²) in [6.45, 7) is 5.10. The van der Waals surface area contributed by atoms with Crippen molar-refractivity contribution in [1.29, 1.82) is 0 Å². The van der Waals surface area contributed by atoms with Gasteiger partial charge in [0.25, 0.3) is 0 Å². The molecule has 3 unspecified atom stereocenters. The molecule has 8 nitrogen and oxygen atoms in total. The van der Waals surface area contributed by atoms with Gasteiger partial charge in [0, 0.05) is 12.6 Å². The third-order valence-electron chi connectivity index (χ3n) is 6.42.